The van der Waals surface area contributed by atoms with Crippen LogP contribution in [-0.2, 0) is 0 Å². The van der Waals surface area contributed by atoms with Gasteiger partial charge >= 0.3 is 0 Å². The second kappa shape index (κ2) is 30.7. The van der Waals surface area contributed by atoms with E-state index in [1.54, 1.807) is 45.5 Å². The van der Waals surface area contributed by atoms with Crippen molar-refractivity contribution in [2.75, 3.05) is 0 Å². The molecule has 0 amide bonds. The highest BCUT2D eigenvalue weighted by Crippen LogP contribution is 2.46. The molecule has 0 atom stereocenters. The first-order valence-corrected chi connectivity index (χ1v) is 44.8. The van der Waals surface area contributed by atoms with E-state index in [1.807, 2.05) is 245 Å². The lowest BCUT2D eigenvalue weighted by Crippen LogP contribution is -1.96. The number of hydrogen-bond acceptors (Lipinski definition) is 0. The first-order valence-electron chi connectivity index (χ1n) is 59.3. The maximum atomic E-state index is 9.95. The van der Waals surface area contributed by atoms with Crippen molar-refractivity contribution < 1.29 is 39.8 Å². The van der Waals surface area contributed by atoms with E-state index in [2.05, 4.69) is 69.8 Å². The summed E-state index contributed by atoms with van der Waals surface area (Å²) in [6.45, 7) is -0.871. The average Bonchev–Trinajstić information content (AvgIpc) is 1.52. The monoisotopic (exact) mass is 1780 g/mol. The zero-order valence-electron chi connectivity index (χ0n) is 102. The fraction of sp³-hybridized carbons (Fsp3) is 0.0156. The highest BCUT2D eigenvalue weighted by molar-refractivity contribution is 6.19. The molecule has 0 bridgehead atoms. The highest BCUT2D eigenvalue weighted by Gasteiger charge is 2.26. The molecule has 9 heteroatoms. The number of rotatable bonds is 9. The normalized spacial score (nSPS) is 15.1. The minimum atomic E-state index is -2.82. The third kappa shape index (κ3) is 11.9. The van der Waals surface area contributed by atoms with Crippen LogP contribution in [0.2, 0.25) is 0 Å². The van der Waals surface area contributed by atoms with E-state index in [-0.39, 0.29) is 114 Å². The van der Waals surface area contributed by atoms with Crippen LogP contribution in [0.3, 0.4) is 0 Å². The number of fused-ring (bicyclic) bond motifs is 27. The summed E-state index contributed by atoms with van der Waals surface area (Å²) in [5.74, 6) is 0. The maximum absolute atomic E-state index is 9.95. The van der Waals surface area contributed by atoms with Crippen molar-refractivity contribution in [2.45, 2.75) is 13.8 Å². The molecule has 0 aliphatic carbocycles. The van der Waals surface area contributed by atoms with E-state index in [0.717, 1.165) is 121 Å². The van der Waals surface area contributed by atoms with Crippen LogP contribution in [0.25, 0.3) is 247 Å². The summed E-state index contributed by atoms with van der Waals surface area (Å²) in [5.41, 5.74) is 15.1. The molecule has 0 saturated heterocycles. The van der Waals surface area contributed by atoms with Crippen LogP contribution >= 0.6 is 0 Å². The lowest BCUT2D eigenvalue weighted by Gasteiger charge is -2.11. The highest BCUT2D eigenvalue weighted by atomic mass is 15.1. The summed E-state index contributed by atoms with van der Waals surface area (Å²) in [7, 11) is 0. The largest absolute Gasteiger partial charge is 0.309 e. The zero-order valence-corrected chi connectivity index (χ0v) is 72.6. The SMILES string of the molecule is [2H]c1c(-n2c3ccccc3c3ccccc32)c([2H])c2c3c([2H])c(-n4c5ccccc5c5ccccc54)c([2H])c([2H])c3n(-c3ccccc3)c2c1[2H].[2H]c1c([2H])c(-n2c3ccc(-n4c5ccccc5c5ccccc54)cc3c3cc(-n4c5ccccc5c5ccccc54)ccc32)c([2H])c(C([2H])([2H])[2H])c1[2H].[2H]c1c([2H])c([2H])c2c(c1[2H])c1c([2H])c([2H])c([2H])c([2H])c1n2-c1ccc2c(c1)c1cc(-n3c4c([2H])c([2H])c([2H])c([2H])c4c4c([2H])c([2H])c([2H])c([2H])c43)ccc1n2-c1cccc(C)c1. The Kier molecular flexibility index (Phi) is 12.1. The molecule has 0 aliphatic rings. The standard InChI is InChI=1S/2C43H29N3.C42H27N3/c2*1-28-11-10-12-29(25-28)44-42-23-21-30(45-38-17-6-2-13-32(38)33-14-3-7-18-39(33)45)26-36(42)37-27-31(22-24-43(37)44)46-40-19-8-4-15-34(40)35-16-5-9-20-41(35)46;1-2-12-28(13-3-1)43-41-24-22-29(44-37-18-8-4-14-31(37)32-15-5-9-19-38(32)44)26-35(41)36-27-30(23-25-42(36)43)45-39-20-10-6-16-33(39)34-17-7-11-21-40(34)45/h2*2-27H,1H3;1-27H/i2D,3D,4D,5D,6D,7D,8D,9D,13D,14D,15D,16D,17D,18D,19D,20D;1D3,10D,11D,12D,25D;22D,23D,24D,25D,26D,27D. The topological polar surface area (TPSA) is 44.4 Å². The Morgan fingerprint density at radius 3 is 0.708 bits per heavy atom. The maximum Gasteiger partial charge on any atom is 0.0652 e. The minimum Gasteiger partial charge on any atom is -0.309 e. The molecule has 21 aromatic carbocycles. The predicted molar refractivity (Wildman–Crippen MR) is 578 cm³/mol. The van der Waals surface area contributed by atoms with Gasteiger partial charge in [0.1, 0.15) is 0 Å². The Morgan fingerprint density at radius 1 is 0.146 bits per heavy atom. The number of para-hydroxylation sites is 13. The van der Waals surface area contributed by atoms with Crippen molar-refractivity contribution in [3.05, 3.63) is 490 Å². The van der Waals surface area contributed by atoms with Crippen LogP contribution < -0.4 is 0 Å². The Hall–Kier alpha value is -18.2. The lowest BCUT2D eigenvalue weighted by atomic mass is 10.1. The molecule has 9 aromatic heterocycles. The second-order valence-electron chi connectivity index (χ2n) is 34.1. The van der Waals surface area contributed by atoms with E-state index in [9.17, 15) is 8.22 Å². The van der Waals surface area contributed by atoms with E-state index in [1.165, 1.54) is 9.13 Å². The van der Waals surface area contributed by atoms with E-state index in [0.29, 0.717) is 60.7 Å². The van der Waals surface area contributed by atoms with Gasteiger partial charge in [0.2, 0.25) is 0 Å². The van der Waals surface area contributed by atoms with Crippen LogP contribution in [0.5, 0.6) is 0 Å². The van der Waals surface area contributed by atoms with Crippen LogP contribution in [0.15, 0.2) is 479 Å². The Morgan fingerprint density at radius 2 is 0.394 bits per heavy atom. The number of aromatic nitrogens is 9. The first-order chi connectivity index (χ1) is 79.9. The molecule has 642 valence electrons. The van der Waals surface area contributed by atoms with E-state index >= 15 is 0 Å². The number of benzene rings is 21. The van der Waals surface area contributed by atoms with Crippen LogP contribution in [-0.4, -0.2) is 41.1 Å². The quantitative estimate of drug-likeness (QED) is 0.138. The van der Waals surface area contributed by atoms with Gasteiger partial charge in [0.05, 0.1) is 135 Å². The van der Waals surface area contributed by atoms with Gasteiger partial charge in [-0.25, -0.2) is 0 Å². The third-order valence-corrected chi connectivity index (χ3v) is 26.7. The smallest absolute Gasteiger partial charge is 0.0652 e. The average molecular weight is 1780 g/mol. The molecule has 0 spiro atoms. The molecular weight excluding hydrogens is 1660 g/mol. The molecule has 0 unspecified atom stereocenters. The van der Waals surface area contributed by atoms with Crippen LogP contribution in [0, 0.1) is 13.8 Å². The van der Waals surface area contributed by atoms with Gasteiger partial charge in [-0.05, 0) is 243 Å². The Bertz CT molecular complexity index is 11200. The van der Waals surface area contributed by atoms with Gasteiger partial charge in [0.25, 0.3) is 0 Å². The fourth-order valence-electron chi connectivity index (χ4n) is 21.0. The lowest BCUT2D eigenvalue weighted by molar-refractivity contribution is 1.15. The molecule has 9 nitrogen and oxygen atoms in total. The van der Waals surface area contributed by atoms with Crippen LogP contribution in [0.1, 0.15) is 50.9 Å². The third-order valence-electron chi connectivity index (χ3n) is 26.7. The van der Waals surface area contributed by atoms with Crippen molar-refractivity contribution in [2.24, 2.45) is 0 Å². The van der Waals surface area contributed by atoms with E-state index < -0.39 is 127 Å². The summed E-state index contributed by atoms with van der Waals surface area (Å²) in [6.07, 6.45) is 0. The molecule has 0 fully saturated rings. The summed E-state index contributed by atoms with van der Waals surface area (Å²) in [4.78, 5) is 0. The van der Waals surface area contributed by atoms with Crippen molar-refractivity contribution in [3.8, 4) is 51.2 Å². The van der Waals surface area contributed by atoms with E-state index in [4.69, 9.17) is 31.5 Å². The van der Waals surface area contributed by atoms with Crippen LogP contribution in [0.4, 0.5) is 0 Å². The molecule has 0 N–H and O–H groups in total. The van der Waals surface area contributed by atoms with Gasteiger partial charge in [-0.1, -0.05) is 261 Å². The first kappa shape index (κ1) is 54.0. The van der Waals surface area contributed by atoms with Crippen molar-refractivity contribution in [3.63, 3.8) is 0 Å². The van der Waals surface area contributed by atoms with Gasteiger partial charge in [0, 0.05) is 152 Å². The van der Waals surface area contributed by atoms with Gasteiger partial charge in [-0.3, -0.25) is 0 Å². The molecule has 0 radical (unpaired) electrons. The van der Waals surface area contributed by atoms with Gasteiger partial charge in [0.15, 0.2) is 0 Å². The molecule has 137 heavy (non-hydrogen) atoms. The molecule has 9 heterocycles. The fourth-order valence-corrected chi connectivity index (χ4v) is 21.0. The second-order valence-corrected chi connectivity index (χ2v) is 34.1. The molecule has 30 rings (SSSR count). The number of nitrogens with zero attached hydrogens (tertiary/aromatic N) is 9. The Balaban J connectivity index is 0.000000117. The zero-order chi connectivity index (χ0) is 115. The summed E-state index contributed by atoms with van der Waals surface area (Å²) >= 11 is 0. The molecule has 30 aromatic rings. The summed E-state index contributed by atoms with van der Waals surface area (Å²) < 4.78 is 274. The summed E-state index contributed by atoms with van der Waals surface area (Å²) in [5, 5.41) is 11.5. The molecular formula is C128H85N9. The van der Waals surface area contributed by atoms with Gasteiger partial charge in [-0.2, -0.15) is 0 Å². The predicted octanol–water partition coefficient (Wildman–Crippen LogP) is 33.6. The van der Waals surface area contributed by atoms with Crippen molar-refractivity contribution in [1.82, 2.24) is 41.1 Å². The number of aryl methyl sites for hydroxylation is 1. The number of hydrogen-bond donors (Lipinski definition) is 0. The van der Waals surface area contributed by atoms with Gasteiger partial charge in [-0.15, -0.1) is 0 Å². The molecule has 0 aliphatic heterocycles. The van der Waals surface area contributed by atoms with Crippen molar-refractivity contribution in [1.29, 1.82) is 0 Å². The van der Waals surface area contributed by atoms with Crippen molar-refractivity contribution >= 4 is 196 Å². The molecule has 0 saturated carbocycles. The minimum absolute atomic E-state index is 0.0176. The summed E-state index contributed by atoms with van der Waals surface area (Å²) in [6, 6.07) is 93.8. The Labute approximate surface area is 828 Å². The van der Waals surface area contributed by atoms with Gasteiger partial charge < -0.3 is 41.1 Å².